The average molecular weight is 416 g/mol. The van der Waals surface area contributed by atoms with Gasteiger partial charge in [0.05, 0.1) is 12.8 Å². The molecule has 7 heteroatoms. The highest BCUT2D eigenvalue weighted by atomic mass is 32.1. The van der Waals surface area contributed by atoms with E-state index in [1.165, 1.54) is 12.1 Å². The van der Waals surface area contributed by atoms with Gasteiger partial charge in [-0.15, -0.1) is 6.58 Å². The van der Waals surface area contributed by atoms with Crippen LogP contribution in [-0.4, -0.2) is 24.5 Å². The molecule has 0 amide bonds. The zero-order valence-electron chi connectivity index (χ0n) is 16.7. The first kappa shape index (κ1) is 22.4. The van der Waals surface area contributed by atoms with Gasteiger partial charge in [0, 0.05) is 12.1 Å². The van der Waals surface area contributed by atoms with Crippen molar-refractivity contribution in [1.82, 2.24) is 10.7 Å². The van der Waals surface area contributed by atoms with Gasteiger partial charge in [0.1, 0.15) is 12.4 Å². The van der Waals surface area contributed by atoms with E-state index >= 15 is 0 Å². The fraction of sp³-hybridized carbons (Fsp3) is 0.273. The topological polar surface area (TPSA) is 54.9 Å². The van der Waals surface area contributed by atoms with Crippen LogP contribution >= 0.6 is 12.2 Å². The largest absolute Gasteiger partial charge is 0.490 e. The molecule has 2 N–H and O–H groups in total. The minimum Gasteiger partial charge on any atom is -0.490 e. The van der Waals surface area contributed by atoms with E-state index < -0.39 is 0 Å². The Bertz CT molecular complexity index is 854. The van der Waals surface area contributed by atoms with Crippen LogP contribution in [0.5, 0.6) is 11.5 Å². The Labute approximate surface area is 176 Å². The predicted molar refractivity (Wildman–Crippen MR) is 119 cm³/mol. The molecule has 0 unspecified atom stereocenters. The molecule has 0 aliphatic carbocycles. The van der Waals surface area contributed by atoms with Crippen LogP contribution in [0.25, 0.3) is 0 Å². The van der Waals surface area contributed by atoms with E-state index in [1.54, 1.807) is 24.4 Å². The summed E-state index contributed by atoms with van der Waals surface area (Å²) in [5.41, 5.74) is 5.39. The number of rotatable bonds is 10. The van der Waals surface area contributed by atoms with E-state index in [-0.39, 0.29) is 5.82 Å². The number of ether oxygens (including phenoxy) is 2. The van der Waals surface area contributed by atoms with Crippen molar-refractivity contribution < 1.29 is 13.9 Å². The number of hydrazone groups is 1. The van der Waals surface area contributed by atoms with Crippen molar-refractivity contribution >= 4 is 23.5 Å². The molecular weight excluding hydrogens is 389 g/mol. The molecule has 0 saturated heterocycles. The first-order valence-corrected chi connectivity index (χ1v) is 9.82. The summed E-state index contributed by atoms with van der Waals surface area (Å²) in [4.78, 5) is 0. The monoisotopic (exact) mass is 415 g/mol. The second-order valence-electron chi connectivity index (χ2n) is 6.08. The highest BCUT2D eigenvalue weighted by molar-refractivity contribution is 7.80. The molecule has 0 saturated carbocycles. The number of allylic oxidation sites excluding steroid dienone is 1. The molecule has 0 radical (unpaired) electrons. The normalized spacial score (nSPS) is 10.6. The predicted octanol–water partition coefficient (Wildman–Crippen LogP) is 4.35. The quantitative estimate of drug-likeness (QED) is 0.262. The van der Waals surface area contributed by atoms with Gasteiger partial charge in [0.2, 0.25) is 0 Å². The molecule has 0 bridgehead atoms. The third-order valence-corrected chi connectivity index (χ3v) is 4.07. The Balaban J connectivity index is 2.25. The van der Waals surface area contributed by atoms with Gasteiger partial charge in [-0.05, 0) is 67.9 Å². The van der Waals surface area contributed by atoms with Gasteiger partial charge in [-0.1, -0.05) is 18.2 Å². The molecular formula is C22H26FN3O2S. The lowest BCUT2D eigenvalue weighted by Gasteiger charge is -2.17. The van der Waals surface area contributed by atoms with Crippen LogP contribution in [0.4, 0.5) is 4.39 Å². The summed E-state index contributed by atoms with van der Waals surface area (Å²) in [5, 5.41) is 7.58. The Kier molecular flexibility index (Phi) is 9.11. The molecule has 5 nitrogen and oxygen atoms in total. The van der Waals surface area contributed by atoms with E-state index in [2.05, 4.69) is 22.4 Å². The summed E-state index contributed by atoms with van der Waals surface area (Å²) in [7, 11) is 0. The minimum absolute atomic E-state index is 0.276. The van der Waals surface area contributed by atoms with Crippen LogP contribution < -0.4 is 20.2 Å². The van der Waals surface area contributed by atoms with Gasteiger partial charge in [0.25, 0.3) is 0 Å². The Morgan fingerprint density at radius 2 is 1.97 bits per heavy atom. The maximum atomic E-state index is 13.1. The lowest BCUT2D eigenvalue weighted by molar-refractivity contribution is 0.267. The van der Waals surface area contributed by atoms with E-state index in [0.717, 1.165) is 23.2 Å². The number of hydrogen-bond donors (Lipinski definition) is 2. The first-order valence-electron chi connectivity index (χ1n) is 9.42. The van der Waals surface area contributed by atoms with Crippen molar-refractivity contribution in [3.63, 3.8) is 0 Å². The fourth-order valence-electron chi connectivity index (χ4n) is 2.59. The van der Waals surface area contributed by atoms with Gasteiger partial charge in [-0.2, -0.15) is 5.10 Å². The molecule has 0 spiro atoms. The molecule has 2 aromatic carbocycles. The number of nitrogens with zero attached hydrogens (tertiary/aromatic N) is 1. The van der Waals surface area contributed by atoms with Crippen LogP contribution in [-0.2, 0) is 13.0 Å². The van der Waals surface area contributed by atoms with Gasteiger partial charge < -0.3 is 14.8 Å². The van der Waals surface area contributed by atoms with Gasteiger partial charge in [0.15, 0.2) is 16.6 Å². The molecule has 0 heterocycles. The van der Waals surface area contributed by atoms with Crippen molar-refractivity contribution in [2.24, 2.45) is 5.10 Å². The molecule has 0 aliphatic heterocycles. The van der Waals surface area contributed by atoms with Crippen molar-refractivity contribution in [2.75, 3.05) is 13.2 Å². The van der Waals surface area contributed by atoms with Crippen molar-refractivity contribution in [3.05, 3.63) is 71.6 Å². The van der Waals surface area contributed by atoms with Crippen LogP contribution in [0.3, 0.4) is 0 Å². The highest BCUT2D eigenvalue weighted by Crippen LogP contribution is 2.34. The summed E-state index contributed by atoms with van der Waals surface area (Å²) in [6.45, 7) is 9.21. The van der Waals surface area contributed by atoms with E-state index in [9.17, 15) is 4.39 Å². The maximum absolute atomic E-state index is 13.1. The van der Waals surface area contributed by atoms with Crippen LogP contribution in [0.1, 0.15) is 30.5 Å². The SMILES string of the molecule is C=CCc1cc(/C=N\NC(=S)NCC)cc(OCC)c1OCc1ccc(F)cc1. The molecule has 0 aliphatic rings. The molecule has 154 valence electrons. The lowest BCUT2D eigenvalue weighted by atomic mass is 10.1. The summed E-state index contributed by atoms with van der Waals surface area (Å²) in [5.74, 6) is 0.982. The second kappa shape index (κ2) is 11.8. The fourth-order valence-corrected chi connectivity index (χ4v) is 2.79. The molecule has 2 aromatic rings. The molecule has 29 heavy (non-hydrogen) atoms. The zero-order chi connectivity index (χ0) is 21.1. The first-order chi connectivity index (χ1) is 14.1. The lowest BCUT2D eigenvalue weighted by Crippen LogP contribution is -2.31. The Hall–Kier alpha value is -2.93. The minimum atomic E-state index is -0.276. The summed E-state index contributed by atoms with van der Waals surface area (Å²) >= 11 is 5.10. The van der Waals surface area contributed by atoms with Crippen LogP contribution in [0.2, 0.25) is 0 Å². The number of nitrogens with one attached hydrogen (secondary N) is 2. The van der Waals surface area contributed by atoms with Gasteiger partial charge >= 0.3 is 0 Å². The van der Waals surface area contributed by atoms with Gasteiger partial charge in [-0.3, -0.25) is 5.43 Å². The molecule has 2 rings (SSSR count). The van der Waals surface area contributed by atoms with Crippen molar-refractivity contribution in [1.29, 1.82) is 0 Å². The number of benzene rings is 2. The zero-order valence-corrected chi connectivity index (χ0v) is 17.5. The third-order valence-electron chi connectivity index (χ3n) is 3.83. The Morgan fingerprint density at radius 3 is 2.62 bits per heavy atom. The van der Waals surface area contributed by atoms with Crippen molar-refractivity contribution in [3.8, 4) is 11.5 Å². The summed E-state index contributed by atoms with van der Waals surface area (Å²) in [6.07, 6.45) is 4.07. The third kappa shape index (κ3) is 7.19. The number of thiocarbonyl (C=S) groups is 1. The number of halogens is 1. The van der Waals surface area contributed by atoms with E-state index in [1.807, 2.05) is 26.0 Å². The van der Waals surface area contributed by atoms with E-state index in [0.29, 0.717) is 36.2 Å². The second-order valence-corrected chi connectivity index (χ2v) is 6.49. The summed E-state index contributed by atoms with van der Waals surface area (Å²) in [6, 6.07) is 10.0. The molecule has 0 atom stereocenters. The molecule has 0 aromatic heterocycles. The van der Waals surface area contributed by atoms with Gasteiger partial charge in [-0.25, -0.2) is 4.39 Å². The van der Waals surface area contributed by atoms with Crippen LogP contribution in [0.15, 0.2) is 54.2 Å². The van der Waals surface area contributed by atoms with E-state index in [4.69, 9.17) is 21.7 Å². The average Bonchev–Trinajstić information content (AvgIpc) is 2.69. The summed E-state index contributed by atoms with van der Waals surface area (Å²) < 4.78 is 25.0. The molecule has 0 fully saturated rings. The number of hydrogen-bond acceptors (Lipinski definition) is 4. The highest BCUT2D eigenvalue weighted by Gasteiger charge is 2.13. The smallest absolute Gasteiger partial charge is 0.186 e. The van der Waals surface area contributed by atoms with Crippen LogP contribution in [0, 0.1) is 5.82 Å². The Morgan fingerprint density at radius 1 is 1.21 bits per heavy atom. The maximum Gasteiger partial charge on any atom is 0.186 e. The van der Waals surface area contributed by atoms with Crippen molar-refractivity contribution in [2.45, 2.75) is 26.9 Å². The standard InChI is InChI=1S/C22H26FN3O2S/c1-4-7-18-12-17(14-25-26-22(29)24-5-2)13-20(27-6-3)21(18)28-15-16-8-10-19(23)11-9-16/h4,8-14H,1,5-7,15H2,2-3H3,(H2,24,26,29)/b25-14-.